The molecule has 194 valence electrons. The summed E-state index contributed by atoms with van der Waals surface area (Å²) in [7, 11) is 3.11. The predicted molar refractivity (Wildman–Crippen MR) is 144 cm³/mol. The average molecular weight is 513 g/mol. The van der Waals surface area contributed by atoms with E-state index < -0.39 is 11.9 Å². The molecule has 0 bridgehead atoms. The fourth-order valence-corrected chi connectivity index (χ4v) is 4.15. The zero-order valence-corrected chi connectivity index (χ0v) is 21.3. The first kappa shape index (κ1) is 26.4. The van der Waals surface area contributed by atoms with Crippen LogP contribution in [0.3, 0.4) is 0 Å². The highest BCUT2D eigenvalue weighted by atomic mass is 19.1. The van der Waals surface area contributed by atoms with Gasteiger partial charge in [0.25, 0.3) is 5.91 Å². The largest absolute Gasteiger partial charge is 0.497 e. The maximum atomic E-state index is 13.9. The van der Waals surface area contributed by atoms with Gasteiger partial charge in [0.15, 0.2) is 0 Å². The first-order valence-electron chi connectivity index (χ1n) is 12.1. The Kier molecular flexibility index (Phi) is 8.72. The summed E-state index contributed by atoms with van der Waals surface area (Å²) in [4.78, 5) is 29.2. The summed E-state index contributed by atoms with van der Waals surface area (Å²) in [6.45, 7) is 0.101. The lowest BCUT2D eigenvalue weighted by molar-refractivity contribution is -0.139. The highest BCUT2D eigenvalue weighted by Crippen LogP contribution is 2.29. The molecule has 0 aromatic heterocycles. The molecule has 2 amide bonds. The second kappa shape index (κ2) is 12.5. The number of anilines is 1. The van der Waals surface area contributed by atoms with E-state index in [9.17, 15) is 14.0 Å². The van der Waals surface area contributed by atoms with Gasteiger partial charge in [0.2, 0.25) is 5.91 Å². The smallest absolute Gasteiger partial charge is 0.251 e. The van der Waals surface area contributed by atoms with Crippen LogP contribution in [0.15, 0.2) is 103 Å². The van der Waals surface area contributed by atoms with Crippen LogP contribution in [0.2, 0.25) is 0 Å². The van der Waals surface area contributed by atoms with Gasteiger partial charge in [-0.1, -0.05) is 54.6 Å². The van der Waals surface area contributed by atoms with E-state index in [-0.39, 0.29) is 24.7 Å². The van der Waals surface area contributed by atoms with Crippen LogP contribution in [0.25, 0.3) is 0 Å². The third-order valence-corrected chi connectivity index (χ3v) is 6.11. The van der Waals surface area contributed by atoms with E-state index in [4.69, 9.17) is 9.47 Å². The average Bonchev–Trinajstić information content (AvgIpc) is 2.95. The van der Waals surface area contributed by atoms with Gasteiger partial charge in [0.05, 0.1) is 20.6 Å². The predicted octanol–water partition coefficient (Wildman–Crippen LogP) is 5.79. The Labute approximate surface area is 221 Å². The van der Waals surface area contributed by atoms with Crippen molar-refractivity contribution in [2.24, 2.45) is 0 Å². The molecule has 4 aromatic rings. The van der Waals surface area contributed by atoms with Crippen molar-refractivity contribution >= 4 is 17.5 Å². The number of amides is 2. The van der Waals surface area contributed by atoms with Gasteiger partial charge in [-0.15, -0.1) is 0 Å². The molecule has 4 aromatic carbocycles. The zero-order chi connectivity index (χ0) is 26.9. The van der Waals surface area contributed by atoms with Crippen molar-refractivity contribution in [1.82, 2.24) is 4.90 Å². The fraction of sp³-hybridized carbons (Fsp3) is 0.161. The van der Waals surface area contributed by atoms with Crippen molar-refractivity contribution in [2.45, 2.75) is 19.0 Å². The van der Waals surface area contributed by atoms with Crippen molar-refractivity contribution in [3.8, 4) is 11.5 Å². The minimum Gasteiger partial charge on any atom is -0.497 e. The van der Waals surface area contributed by atoms with Crippen molar-refractivity contribution in [2.75, 3.05) is 19.5 Å². The molecule has 0 heterocycles. The second-order valence-corrected chi connectivity index (χ2v) is 8.71. The molecule has 0 aliphatic rings. The molecule has 0 aliphatic carbocycles. The molecular weight excluding hydrogens is 483 g/mol. The molecular formula is C31H29FN2O4. The number of benzene rings is 4. The van der Waals surface area contributed by atoms with E-state index in [0.29, 0.717) is 28.3 Å². The summed E-state index contributed by atoms with van der Waals surface area (Å²) in [5, 5.41) is 2.93. The quantitative estimate of drug-likeness (QED) is 0.292. The lowest BCUT2D eigenvalue weighted by Gasteiger charge is -2.32. The topological polar surface area (TPSA) is 67.9 Å². The molecule has 0 spiro atoms. The highest BCUT2D eigenvalue weighted by Gasteiger charge is 2.32. The molecule has 0 fully saturated rings. The Morgan fingerprint density at radius 2 is 1.47 bits per heavy atom. The van der Waals surface area contributed by atoms with Crippen molar-refractivity contribution in [3.05, 3.63) is 126 Å². The number of hydrogen-bond acceptors (Lipinski definition) is 4. The monoisotopic (exact) mass is 512 g/mol. The van der Waals surface area contributed by atoms with Gasteiger partial charge in [-0.25, -0.2) is 4.39 Å². The Hall–Kier alpha value is -4.65. The van der Waals surface area contributed by atoms with Gasteiger partial charge in [0, 0.05) is 12.2 Å². The first-order valence-corrected chi connectivity index (χ1v) is 12.1. The lowest BCUT2D eigenvalue weighted by Crippen LogP contribution is -2.41. The van der Waals surface area contributed by atoms with Crippen LogP contribution in [-0.4, -0.2) is 30.9 Å². The highest BCUT2D eigenvalue weighted by molar-refractivity contribution is 5.98. The number of rotatable bonds is 10. The van der Waals surface area contributed by atoms with Crippen molar-refractivity contribution in [1.29, 1.82) is 0 Å². The van der Waals surface area contributed by atoms with Crippen LogP contribution >= 0.6 is 0 Å². The fourth-order valence-electron chi connectivity index (χ4n) is 4.15. The Bertz CT molecular complexity index is 1360. The van der Waals surface area contributed by atoms with E-state index in [1.165, 1.54) is 17.0 Å². The Balaban J connectivity index is 1.74. The van der Waals surface area contributed by atoms with Crippen LogP contribution in [0.1, 0.15) is 22.7 Å². The standard InChI is InChI=1S/C31H29FN2O4/c1-37-27-17-15-26(16-18-27)33-31(36)30(24-9-6-10-28(20-24)38-2)34(21-23-11-13-25(32)14-12-23)29(35)19-22-7-4-3-5-8-22/h3-18,20,30H,19,21H2,1-2H3,(H,33,36). The summed E-state index contributed by atoms with van der Waals surface area (Å²) in [5.41, 5.74) is 2.65. The number of hydrogen-bond donors (Lipinski definition) is 1. The summed E-state index contributed by atoms with van der Waals surface area (Å²) >= 11 is 0. The molecule has 0 aliphatic heterocycles. The molecule has 38 heavy (non-hydrogen) atoms. The van der Waals surface area contributed by atoms with Crippen LogP contribution < -0.4 is 14.8 Å². The van der Waals surface area contributed by atoms with Gasteiger partial charge in [-0.3, -0.25) is 9.59 Å². The summed E-state index contributed by atoms with van der Waals surface area (Å²) < 4.78 is 24.3. The number of methoxy groups -OCH3 is 2. The second-order valence-electron chi connectivity index (χ2n) is 8.71. The number of nitrogens with one attached hydrogen (secondary N) is 1. The molecule has 1 unspecified atom stereocenters. The van der Waals surface area contributed by atoms with E-state index >= 15 is 0 Å². The molecule has 0 radical (unpaired) electrons. The third kappa shape index (κ3) is 6.76. The number of carbonyl (C=O) groups is 2. The lowest BCUT2D eigenvalue weighted by atomic mass is 10.0. The summed E-state index contributed by atoms with van der Waals surface area (Å²) in [6.07, 6.45) is 0.0956. The number of nitrogens with zero attached hydrogens (tertiary/aromatic N) is 1. The first-order chi connectivity index (χ1) is 18.5. The van der Waals surface area contributed by atoms with Crippen LogP contribution in [-0.2, 0) is 22.6 Å². The Morgan fingerprint density at radius 3 is 2.13 bits per heavy atom. The number of halogens is 1. The third-order valence-electron chi connectivity index (χ3n) is 6.11. The van der Waals surface area contributed by atoms with Crippen LogP contribution in [0.5, 0.6) is 11.5 Å². The molecule has 6 nitrogen and oxygen atoms in total. The van der Waals surface area contributed by atoms with Crippen LogP contribution in [0, 0.1) is 5.82 Å². The van der Waals surface area contributed by atoms with E-state index in [2.05, 4.69) is 5.32 Å². The number of ether oxygens (including phenoxy) is 2. The summed E-state index contributed by atoms with van der Waals surface area (Å²) in [5.74, 6) is 0.188. The van der Waals surface area contributed by atoms with Gasteiger partial charge >= 0.3 is 0 Å². The normalized spacial score (nSPS) is 11.3. The van der Waals surface area contributed by atoms with Gasteiger partial charge in [-0.2, -0.15) is 0 Å². The minimum atomic E-state index is -0.992. The van der Waals surface area contributed by atoms with Gasteiger partial charge < -0.3 is 19.7 Å². The number of carbonyl (C=O) groups excluding carboxylic acids is 2. The summed E-state index contributed by atoms with van der Waals surface area (Å²) in [6, 6.07) is 28.3. The molecule has 0 saturated carbocycles. The molecule has 4 rings (SSSR count). The van der Waals surface area contributed by atoms with Gasteiger partial charge in [-0.05, 0) is 65.2 Å². The van der Waals surface area contributed by atoms with Gasteiger partial charge in [0.1, 0.15) is 23.4 Å². The van der Waals surface area contributed by atoms with E-state index in [1.807, 2.05) is 30.3 Å². The minimum absolute atomic E-state index is 0.0956. The maximum Gasteiger partial charge on any atom is 0.251 e. The molecule has 7 heteroatoms. The van der Waals surface area contributed by atoms with Crippen LogP contribution in [0.4, 0.5) is 10.1 Å². The Morgan fingerprint density at radius 1 is 0.789 bits per heavy atom. The SMILES string of the molecule is COc1ccc(NC(=O)C(c2cccc(OC)c2)N(Cc2ccc(F)cc2)C(=O)Cc2ccccc2)cc1. The van der Waals surface area contributed by atoms with E-state index in [0.717, 1.165) is 5.56 Å². The molecule has 1 atom stereocenters. The zero-order valence-electron chi connectivity index (χ0n) is 21.3. The maximum absolute atomic E-state index is 13.9. The van der Waals surface area contributed by atoms with E-state index in [1.54, 1.807) is 74.9 Å². The van der Waals surface area contributed by atoms with Crippen molar-refractivity contribution in [3.63, 3.8) is 0 Å². The van der Waals surface area contributed by atoms with Crippen molar-refractivity contribution < 1.29 is 23.5 Å². The molecule has 0 saturated heterocycles. The molecule has 1 N–H and O–H groups in total.